The van der Waals surface area contributed by atoms with Crippen LogP contribution in [0.3, 0.4) is 0 Å². The minimum atomic E-state index is -0.0349. The summed E-state index contributed by atoms with van der Waals surface area (Å²) >= 11 is 0. The Morgan fingerprint density at radius 3 is 2.56 bits per heavy atom. The number of benzene rings is 1. The number of hydrogen-bond acceptors (Lipinski definition) is 1. The molecule has 1 aromatic rings. The van der Waals surface area contributed by atoms with Crippen LogP contribution in [0.2, 0.25) is 0 Å². The Balaban J connectivity index is 2.09. The minimum Gasteiger partial charge on any atom is -0.633 e. The highest BCUT2D eigenvalue weighted by Gasteiger charge is 2.20. The average Bonchev–Trinajstić information content (AvgIpc) is 2.31. The van der Waals surface area contributed by atoms with Crippen molar-refractivity contribution in [2.75, 3.05) is 19.6 Å². The second-order valence-corrected chi connectivity index (χ2v) is 4.53. The maximum atomic E-state index is 12.2. The fourth-order valence-electron chi connectivity index (χ4n) is 2.32. The van der Waals surface area contributed by atoms with E-state index in [9.17, 15) is 5.21 Å². The summed E-state index contributed by atoms with van der Waals surface area (Å²) in [6, 6.07) is 10.4. The zero-order valence-corrected chi connectivity index (χ0v) is 9.86. The molecule has 2 nitrogen and oxygen atoms in total. The molecule has 0 saturated heterocycles. The topological polar surface area (TPSA) is 23.1 Å². The van der Waals surface area contributed by atoms with Gasteiger partial charge in [0.15, 0.2) is 0 Å². The van der Waals surface area contributed by atoms with E-state index in [1.54, 1.807) is 0 Å². The summed E-state index contributed by atoms with van der Waals surface area (Å²) in [5.41, 5.74) is 2.60. The zero-order valence-electron chi connectivity index (χ0n) is 9.86. The van der Waals surface area contributed by atoms with E-state index < -0.39 is 0 Å². The van der Waals surface area contributed by atoms with Gasteiger partial charge in [-0.3, -0.25) is 0 Å². The van der Waals surface area contributed by atoms with Crippen molar-refractivity contribution in [3.63, 3.8) is 0 Å². The molecule has 0 bridgehead atoms. The van der Waals surface area contributed by atoms with E-state index in [4.69, 9.17) is 0 Å². The van der Waals surface area contributed by atoms with Crippen molar-refractivity contribution in [1.82, 2.24) is 0 Å². The van der Waals surface area contributed by atoms with E-state index in [0.717, 1.165) is 25.9 Å². The molecule has 0 saturated carbocycles. The molecule has 2 heteroatoms. The van der Waals surface area contributed by atoms with Crippen LogP contribution in [0, 0.1) is 5.21 Å². The average molecular weight is 217 g/mol. The van der Waals surface area contributed by atoms with Crippen LogP contribution in [0.25, 0.3) is 5.57 Å². The molecular weight excluding hydrogens is 198 g/mol. The Labute approximate surface area is 97.4 Å². The summed E-state index contributed by atoms with van der Waals surface area (Å²) in [5.74, 6) is 0. The van der Waals surface area contributed by atoms with Crippen LogP contribution in [0.4, 0.5) is 0 Å². The number of quaternary nitrogens is 1. The summed E-state index contributed by atoms with van der Waals surface area (Å²) in [7, 11) is 0. The SMILES string of the molecule is CCC[N+]1([O-])CC=C(c2ccccc2)CC1. The summed E-state index contributed by atoms with van der Waals surface area (Å²) in [5, 5.41) is 12.2. The molecule has 1 aliphatic rings. The molecule has 1 heterocycles. The van der Waals surface area contributed by atoms with E-state index in [0.29, 0.717) is 6.54 Å². The molecule has 0 N–H and O–H groups in total. The Morgan fingerprint density at radius 2 is 2.00 bits per heavy atom. The number of nitrogens with zero attached hydrogens (tertiary/aromatic N) is 1. The van der Waals surface area contributed by atoms with Gasteiger partial charge in [0.25, 0.3) is 0 Å². The lowest BCUT2D eigenvalue weighted by Crippen LogP contribution is -2.45. The molecule has 1 unspecified atom stereocenters. The van der Waals surface area contributed by atoms with Gasteiger partial charge in [-0.15, -0.1) is 0 Å². The van der Waals surface area contributed by atoms with Gasteiger partial charge in [0, 0.05) is 6.42 Å². The Morgan fingerprint density at radius 1 is 1.25 bits per heavy atom. The minimum absolute atomic E-state index is 0.0349. The van der Waals surface area contributed by atoms with Crippen LogP contribution in [0.5, 0.6) is 0 Å². The first-order chi connectivity index (χ1) is 7.73. The van der Waals surface area contributed by atoms with Crippen molar-refractivity contribution in [2.45, 2.75) is 19.8 Å². The van der Waals surface area contributed by atoms with Gasteiger partial charge in [0.2, 0.25) is 0 Å². The summed E-state index contributed by atoms with van der Waals surface area (Å²) in [6.07, 6.45) is 4.01. The first-order valence-electron chi connectivity index (χ1n) is 6.05. The molecule has 0 aliphatic carbocycles. The van der Waals surface area contributed by atoms with Gasteiger partial charge in [0.1, 0.15) is 0 Å². The summed E-state index contributed by atoms with van der Waals surface area (Å²) in [4.78, 5) is 0. The Kier molecular flexibility index (Phi) is 3.42. The lowest BCUT2D eigenvalue weighted by atomic mass is 9.99. The van der Waals surface area contributed by atoms with Crippen molar-refractivity contribution >= 4 is 5.57 Å². The smallest absolute Gasteiger partial charge is 0.0977 e. The first-order valence-corrected chi connectivity index (χ1v) is 6.05. The van der Waals surface area contributed by atoms with Crippen molar-refractivity contribution in [2.24, 2.45) is 0 Å². The molecule has 2 rings (SSSR count). The lowest BCUT2D eigenvalue weighted by molar-refractivity contribution is -0.875. The summed E-state index contributed by atoms with van der Waals surface area (Å²) < 4.78 is -0.0349. The predicted octanol–water partition coefficient (Wildman–Crippen LogP) is 3.20. The largest absolute Gasteiger partial charge is 0.633 e. The molecule has 0 fully saturated rings. The van der Waals surface area contributed by atoms with Gasteiger partial charge in [-0.25, -0.2) is 0 Å². The highest BCUT2D eigenvalue weighted by molar-refractivity contribution is 5.66. The van der Waals surface area contributed by atoms with Crippen molar-refractivity contribution in [3.05, 3.63) is 47.2 Å². The molecule has 86 valence electrons. The molecular formula is C14H19NO. The Hall–Kier alpha value is -1.12. The second kappa shape index (κ2) is 4.81. The van der Waals surface area contributed by atoms with Gasteiger partial charge in [-0.2, -0.15) is 0 Å². The lowest BCUT2D eigenvalue weighted by Gasteiger charge is -2.44. The molecule has 0 amide bonds. The number of hydrogen-bond donors (Lipinski definition) is 0. The van der Waals surface area contributed by atoms with Crippen LogP contribution < -0.4 is 0 Å². The van der Waals surface area contributed by atoms with Crippen LogP contribution >= 0.6 is 0 Å². The van der Waals surface area contributed by atoms with Gasteiger partial charge in [-0.05, 0) is 23.6 Å². The van der Waals surface area contributed by atoms with Crippen molar-refractivity contribution < 1.29 is 4.65 Å². The highest BCUT2D eigenvalue weighted by atomic mass is 16.5. The fraction of sp³-hybridized carbons (Fsp3) is 0.429. The van der Waals surface area contributed by atoms with E-state index in [-0.39, 0.29) is 4.65 Å². The van der Waals surface area contributed by atoms with Crippen LogP contribution in [0.15, 0.2) is 36.4 Å². The zero-order chi connectivity index (χ0) is 11.4. The van der Waals surface area contributed by atoms with Gasteiger partial charge in [0.05, 0.1) is 19.6 Å². The second-order valence-electron chi connectivity index (χ2n) is 4.53. The van der Waals surface area contributed by atoms with E-state index in [1.165, 1.54) is 11.1 Å². The van der Waals surface area contributed by atoms with E-state index in [1.807, 2.05) is 6.07 Å². The van der Waals surface area contributed by atoms with E-state index in [2.05, 4.69) is 37.3 Å². The van der Waals surface area contributed by atoms with Crippen LogP contribution in [0.1, 0.15) is 25.3 Å². The predicted molar refractivity (Wildman–Crippen MR) is 67.6 cm³/mol. The van der Waals surface area contributed by atoms with Crippen molar-refractivity contribution in [3.8, 4) is 0 Å². The van der Waals surface area contributed by atoms with Gasteiger partial charge >= 0.3 is 0 Å². The van der Waals surface area contributed by atoms with Gasteiger partial charge < -0.3 is 9.85 Å². The number of rotatable bonds is 3. The van der Waals surface area contributed by atoms with Crippen molar-refractivity contribution in [1.29, 1.82) is 0 Å². The molecule has 1 aromatic carbocycles. The molecule has 1 atom stereocenters. The molecule has 0 aromatic heterocycles. The Bertz CT molecular complexity index is 372. The third kappa shape index (κ3) is 2.52. The molecule has 1 aliphatic heterocycles. The molecule has 0 spiro atoms. The third-order valence-corrected chi connectivity index (χ3v) is 3.23. The normalized spacial score (nSPS) is 25.2. The van der Waals surface area contributed by atoms with E-state index >= 15 is 0 Å². The summed E-state index contributed by atoms with van der Waals surface area (Å²) in [6.45, 7) is 4.19. The standard InChI is InChI=1S/C14H19NO/c1-2-10-15(16)11-8-14(9-12-15)13-6-4-3-5-7-13/h3-8H,2,9-12H2,1H3. The maximum absolute atomic E-state index is 12.2. The maximum Gasteiger partial charge on any atom is 0.0977 e. The third-order valence-electron chi connectivity index (χ3n) is 3.23. The van der Waals surface area contributed by atoms with Gasteiger partial charge in [-0.1, -0.05) is 37.3 Å². The first kappa shape index (κ1) is 11.4. The molecule has 16 heavy (non-hydrogen) atoms. The molecule has 0 radical (unpaired) electrons. The monoisotopic (exact) mass is 217 g/mol. The fourth-order valence-corrected chi connectivity index (χ4v) is 2.32. The highest BCUT2D eigenvalue weighted by Crippen LogP contribution is 2.25. The van der Waals surface area contributed by atoms with Crippen LogP contribution in [-0.4, -0.2) is 24.3 Å². The quantitative estimate of drug-likeness (QED) is 0.563. The van der Waals surface area contributed by atoms with Crippen LogP contribution in [-0.2, 0) is 0 Å². The number of hydroxylamine groups is 3.